The zero-order valence-electron chi connectivity index (χ0n) is 18.9. The van der Waals surface area contributed by atoms with E-state index in [2.05, 4.69) is 0 Å². The average molecular weight is 852 g/mol. The summed E-state index contributed by atoms with van der Waals surface area (Å²) in [5, 5.41) is 35.3. The molecular formula is C24H18Hg2O9. The van der Waals surface area contributed by atoms with Gasteiger partial charge in [0.25, 0.3) is 11.9 Å². The first-order chi connectivity index (χ1) is 16.4. The summed E-state index contributed by atoms with van der Waals surface area (Å²) in [7, 11) is 0. The van der Waals surface area contributed by atoms with E-state index in [9.17, 15) is 15.0 Å². The average Bonchev–Trinajstić information content (AvgIpc) is 3.06. The Morgan fingerprint density at radius 2 is 1.20 bits per heavy atom. The molecule has 0 aliphatic carbocycles. The molecule has 0 fully saturated rings. The second-order valence-corrected chi connectivity index (χ2v) is 13.1. The van der Waals surface area contributed by atoms with Crippen LogP contribution in [-0.4, -0.2) is 38.3 Å². The van der Waals surface area contributed by atoms with Gasteiger partial charge in [0.05, 0.1) is 0 Å². The predicted octanol–water partition coefficient (Wildman–Crippen LogP) is 2.19. The molecule has 35 heavy (non-hydrogen) atoms. The number of ether oxygens (including phenoxy) is 2. The summed E-state index contributed by atoms with van der Waals surface area (Å²) >= 11 is 0.149. The van der Waals surface area contributed by atoms with Crippen LogP contribution >= 0.6 is 0 Å². The van der Waals surface area contributed by atoms with Crippen LogP contribution in [-0.2, 0) is 72.2 Å². The number of carbonyl (C=O) groups excluding carboxylic acids is 1. The molecular weight excluding hydrogens is 833 g/mol. The molecule has 2 heterocycles. The number of esters is 1. The summed E-state index contributed by atoms with van der Waals surface area (Å²) in [6.07, 6.45) is 0. The van der Waals surface area contributed by atoms with Gasteiger partial charge in [-0.05, 0) is 0 Å². The number of carboxylic acids is 2. The van der Waals surface area contributed by atoms with Crippen molar-refractivity contribution in [1.82, 2.24) is 0 Å². The van der Waals surface area contributed by atoms with Crippen LogP contribution in [0.3, 0.4) is 0 Å². The van der Waals surface area contributed by atoms with Crippen LogP contribution in [0, 0.1) is 0 Å². The molecule has 4 N–H and O–H groups in total. The molecule has 0 atom stereocenters. The van der Waals surface area contributed by atoms with E-state index in [0.29, 0.717) is 17.1 Å². The Kier molecular flexibility index (Phi) is 8.10. The maximum atomic E-state index is 12.7. The fourth-order valence-corrected chi connectivity index (χ4v) is 6.85. The van der Waals surface area contributed by atoms with Crippen molar-refractivity contribution < 1.29 is 96.5 Å². The van der Waals surface area contributed by atoms with E-state index < -0.39 is 17.5 Å². The van der Waals surface area contributed by atoms with Crippen LogP contribution in [0.2, 0.25) is 0 Å². The van der Waals surface area contributed by atoms with Crippen molar-refractivity contribution >= 4 is 24.1 Å². The summed E-state index contributed by atoms with van der Waals surface area (Å²) in [5.74, 6) is -0.577. The number of aliphatic carboxylic acids is 2. The van der Waals surface area contributed by atoms with E-state index in [1.54, 1.807) is 30.3 Å². The summed E-state index contributed by atoms with van der Waals surface area (Å²) in [4.78, 5) is 30.7. The van der Waals surface area contributed by atoms with Crippen molar-refractivity contribution in [2.24, 2.45) is 0 Å². The van der Waals surface area contributed by atoms with E-state index in [4.69, 9.17) is 29.3 Å². The van der Waals surface area contributed by atoms with Crippen LogP contribution < -0.4 is 10.9 Å². The number of carbonyl (C=O) groups is 3. The Balaban J connectivity index is 0.000000376. The monoisotopic (exact) mass is 854 g/mol. The molecule has 5 rings (SSSR count). The minimum absolute atomic E-state index is 0.0747. The van der Waals surface area contributed by atoms with Gasteiger partial charge in [-0.1, -0.05) is 0 Å². The van der Waals surface area contributed by atoms with Crippen LogP contribution in [0.5, 0.6) is 23.0 Å². The fourth-order valence-electron chi connectivity index (χ4n) is 3.89. The second-order valence-electron chi connectivity index (χ2n) is 7.64. The van der Waals surface area contributed by atoms with E-state index in [-0.39, 0.29) is 69.7 Å². The molecule has 3 aromatic rings. The standard InChI is InChI=1S/C20H10O5.2C2H4O2.2Hg/c21-11-5-7-15-17(9-11)24-18-10-12(22)6-8-16(18)20(15)14-4-2-1-3-13(14)19(23)25-20;2*1-2(3)4;;/h1-8,21-22H;2*1H3,(H,3,4);;. The van der Waals surface area contributed by atoms with Gasteiger partial charge in [-0.3, -0.25) is 9.59 Å². The Bertz CT molecular complexity index is 1270. The minimum atomic E-state index is -1.12. The SMILES string of the molecule is CC(=O)O.CC(=O)O.O=C1OC2(c3ccccc31)c1ccc(O)[c]([Hg])c1Oc1c2ccc(O)[c]1[Hg]. The van der Waals surface area contributed by atoms with Crippen molar-refractivity contribution in [2.45, 2.75) is 19.4 Å². The van der Waals surface area contributed by atoms with Crippen molar-refractivity contribution in [1.29, 1.82) is 0 Å². The first kappa shape index (κ1) is 26.9. The Morgan fingerprint density at radius 1 is 0.771 bits per heavy atom. The van der Waals surface area contributed by atoms with Gasteiger partial charge in [-0.2, -0.15) is 0 Å². The molecule has 0 saturated carbocycles. The summed E-state index contributed by atoms with van der Waals surface area (Å²) in [5.41, 5.74) is 1.60. The molecule has 1 spiro atoms. The molecule has 3 aromatic carbocycles. The number of benzene rings is 3. The van der Waals surface area contributed by atoms with Gasteiger partial charge < -0.3 is 10.2 Å². The molecule has 2 aliphatic rings. The van der Waals surface area contributed by atoms with Crippen molar-refractivity contribution in [3.05, 3.63) is 70.8 Å². The second kappa shape index (κ2) is 10.5. The van der Waals surface area contributed by atoms with Gasteiger partial charge in [0, 0.05) is 13.8 Å². The normalized spacial score (nSPS) is 13.5. The van der Waals surface area contributed by atoms with Gasteiger partial charge in [-0.15, -0.1) is 0 Å². The fraction of sp³-hybridized carbons (Fsp3) is 0.125. The van der Waals surface area contributed by atoms with E-state index in [1.807, 2.05) is 18.2 Å². The third kappa shape index (κ3) is 5.02. The molecule has 11 heteroatoms. The molecule has 2 aliphatic heterocycles. The van der Waals surface area contributed by atoms with Crippen molar-refractivity contribution in [2.75, 3.05) is 0 Å². The van der Waals surface area contributed by atoms with E-state index >= 15 is 0 Å². The van der Waals surface area contributed by atoms with E-state index in [1.165, 1.54) is 0 Å². The van der Waals surface area contributed by atoms with Gasteiger partial charge in [-0.25, -0.2) is 0 Å². The molecule has 0 radical (unpaired) electrons. The molecule has 172 valence electrons. The topological polar surface area (TPSA) is 151 Å². The summed E-state index contributed by atoms with van der Waals surface area (Å²) < 4.78 is 13.8. The molecule has 0 saturated heterocycles. The van der Waals surface area contributed by atoms with Gasteiger partial charge >= 0.3 is 188 Å². The number of phenolic OH excluding ortho intramolecular Hbond substituents is 2. The van der Waals surface area contributed by atoms with Crippen LogP contribution in [0.25, 0.3) is 0 Å². The number of aromatic hydroxyl groups is 2. The number of hydrogen-bond donors (Lipinski definition) is 4. The Hall–Kier alpha value is -2.66. The molecule has 0 bridgehead atoms. The van der Waals surface area contributed by atoms with Crippen LogP contribution in [0.15, 0.2) is 48.5 Å². The van der Waals surface area contributed by atoms with Gasteiger partial charge in [0.2, 0.25) is 0 Å². The number of fused-ring (bicyclic) bond motifs is 6. The Morgan fingerprint density at radius 3 is 1.66 bits per heavy atom. The molecule has 0 unspecified atom stereocenters. The third-order valence-electron chi connectivity index (χ3n) is 5.21. The van der Waals surface area contributed by atoms with Crippen molar-refractivity contribution in [3.63, 3.8) is 0 Å². The number of phenols is 2. The zero-order chi connectivity index (χ0) is 26.1. The van der Waals surface area contributed by atoms with Crippen molar-refractivity contribution in [3.8, 4) is 23.0 Å². The van der Waals surface area contributed by atoms with Gasteiger partial charge in [0.1, 0.15) is 0 Å². The first-order valence-corrected chi connectivity index (χ1v) is 15.7. The predicted molar refractivity (Wildman–Crippen MR) is 114 cm³/mol. The zero-order valence-corrected chi connectivity index (χ0v) is 29.9. The summed E-state index contributed by atoms with van der Waals surface area (Å²) in [6, 6.07) is 14.2. The first-order valence-electron chi connectivity index (χ1n) is 10.2. The summed E-state index contributed by atoms with van der Waals surface area (Å²) in [6.45, 7) is 2.17. The van der Waals surface area contributed by atoms with E-state index in [0.717, 1.165) is 36.7 Å². The number of carboxylic acid groups (broad SMARTS) is 2. The Labute approximate surface area is 232 Å². The molecule has 0 aromatic heterocycles. The molecule has 9 nitrogen and oxygen atoms in total. The maximum absolute atomic E-state index is 12.7. The third-order valence-corrected chi connectivity index (χ3v) is 10.5. The van der Waals surface area contributed by atoms with Crippen LogP contribution in [0.1, 0.15) is 40.9 Å². The van der Waals surface area contributed by atoms with Gasteiger partial charge in [0.15, 0.2) is 0 Å². The number of rotatable bonds is 0. The van der Waals surface area contributed by atoms with Crippen LogP contribution in [0.4, 0.5) is 0 Å². The quantitative estimate of drug-likeness (QED) is 0.197. The number of hydrogen-bond acceptors (Lipinski definition) is 7. The molecule has 0 amide bonds.